The lowest BCUT2D eigenvalue weighted by atomic mass is 10.3. The molecule has 1 aromatic heterocycles. The van der Waals surface area contributed by atoms with E-state index in [1.807, 2.05) is 0 Å². The number of aromatic carboxylic acids is 2. The van der Waals surface area contributed by atoms with Gasteiger partial charge >= 0.3 is 5.97 Å². The average molecular weight is 173 g/mol. The van der Waals surface area contributed by atoms with Crippen molar-refractivity contribution >= 4 is 23.7 Å². The van der Waals surface area contributed by atoms with Gasteiger partial charge in [0.25, 0.3) is 0 Å². The first-order valence-electron chi connectivity index (χ1n) is 2.40. The van der Waals surface area contributed by atoms with Crippen LogP contribution < -0.4 is 5.11 Å². The van der Waals surface area contributed by atoms with Crippen molar-refractivity contribution in [3.8, 4) is 0 Å². The van der Waals surface area contributed by atoms with E-state index in [1.54, 1.807) is 0 Å². The number of aromatic nitrogens is 2. The molecular formula is C4HN2O4S-. The summed E-state index contributed by atoms with van der Waals surface area (Å²) in [6, 6.07) is 0. The Kier molecular flexibility index (Phi) is 1.81. The molecule has 1 rings (SSSR count). The van der Waals surface area contributed by atoms with Gasteiger partial charge in [-0.2, -0.15) is 8.75 Å². The van der Waals surface area contributed by atoms with Crippen molar-refractivity contribution in [2.75, 3.05) is 0 Å². The van der Waals surface area contributed by atoms with Gasteiger partial charge in [0.05, 0.1) is 17.7 Å². The molecule has 0 aromatic carbocycles. The van der Waals surface area contributed by atoms with Crippen molar-refractivity contribution < 1.29 is 19.8 Å². The van der Waals surface area contributed by atoms with Crippen LogP contribution in [0.4, 0.5) is 0 Å². The van der Waals surface area contributed by atoms with Crippen LogP contribution >= 0.6 is 11.7 Å². The maximum atomic E-state index is 10.2. The lowest BCUT2D eigenvalue weighted by Crippen LogP contribution is -2.25. The average Bonchev–Trinajstić information content (AvgIpc) is 2.32. The fourth-order valence-corrected chi connectivity index (χ4v) is 0.992. The van der Waals surface area contributed by atoms with Crippen molar-refractivity contribution in [3.63, 3.8) is 0 Å². The largest absolute Gasteiger partial charge is 0.543 e. The summed E-state index contributed by atoms with van der Waals surface area (Å²) < 4.78 is 6.47. The summed E-state index contributed by atoms with van der Waals surface area (Å²) in [5, 5.41) is 18.4. The molecule has 1 aromatic rings. The van der Waals surface area contributed by atoms with Gasteiger partial charge in [0.15, 0.2) is 5.69 Å². The zero-order valence-electron chi connectivity index (χ0n) is 4.97. The first-order chi connectivity index (χ1) is 5.13. The molecule has 0 fully saturated rings. The predicted molar refractivity (Wildman–Crippen MR) is 31.2 cm³/mol. The molecule has 6 nitrogen and oxygen atoms in total. The van der Waals surface area contributed by atoms with E-state index in [0.29, 0.717) is 11.7 Å². The topological polar surface area (TPSA) is 103 Å². The third kappa shape index (κ3) is 1.32. The molecule has 58 valence electrons. The van der Waals surface area contributed by atoms with Gasteiger partial charge in [0.2, 0.25) is 0 Å². The monoisotopic (exact) mass is 173 g/mol. The number of carbonyl (C=O) groups excluding carboxylic acids is 1. The fraction of sp³-hybridized carbons (Fsp3) is 0. The maximum Gasteiger partial charge on any atom is 0.358 e. The second kappa shape index (κ2) is 2.62. The van der Waals surface area contributed by atoms with Gasteiger partial charge in [-0.3, -0.25) is 0 Å². The van der Waals surface area contributed by atoms with E-state index < -0.39 is 23.3 Å². The van der Waals surface area contributed by atoms with Gasteiger partial charge in [0.1, 0.15) is 5.69 Å². The summed E-state index contributed by atoms with van der Waals surface area (Å²) >= 11 is 0.521. The van der Waals surface area contributed by atoms with Gasteiger partial charge in [-0.1, -0.05) is 0 Å². The van der Waals surface area contributed by atoms with E-state index in [1.165, 1.54) is 0 Å². The molecule has 0 saturated carbocycles. The molecule has 0 atom stereocenters. The van der Waals surface area contributed by atoms with Crippen molar-refractivity contribution in [2.45, 2.75) is 0 Å². The van der Waals surface area contributed by atoms with Crippen LogP contribution in [0.15, 0.2) is 0 Å². The molecule has 0 bridgehead atoms. The lowest BCUT2D eigenvalue weighted by molar-refractivity contribution is -0.255. The number of carboxylic acids is 2. The first-order valence-corrected chi connectivity index (χ1v) is 3.13. The summed E-state index contributed by atoms with van der Waals surface area (Å²) in [6.07, 6.45) is 0. The van der Waals surface area contributed by atoms with Crippen molar-refractivity contribution in [1.29, 1.82) is 0 Å². The second-order valence-corrected chi connectivity index (χ2v) is 2.08. The summed E-state index contributed by atoms with van der Waals surface area (Å²) in [7, 11) is 0. The molecule has 7 heteroatoms. The van der Waals surface area contributed by atoms with E-state index in [0.717, 1.165) is 0 Å². The maximum absolute atomic E-state index is 10.2. The number of carbonyl (C=O) groups is 2. The molecule has 0 aliphatic carbocycles. The van der Waals surface area contributed by atoms with E-state index >= 15 is 0 Å². The first kappa shape index (κ1) is 7.61. The Bertz CT molecular complexity index is 278. The van der Waals surface area contributed by atoms with Gasteiger partial charge in [-0.15, -0.1) is 0 Å². The molecule has 1 N–H and O–H groups in total. The SMILES string of the molecule is O=C([O-])c1nsnc1C(=O)O. The Morgan fingerprint density at radius 1 is 1.36 bits per heavy atom. The minimum absolute atomic E-state index is 0.521. The van der Waals surface area contributed by atoms with E-state index in [2.05, 4.69) is 8.75 Å². The van der Waals surface area contributed by atoms with Gasteiger partial charge in [-0.25, -0.2) is 4.79 Å². The van der Waals surface area contributed by atoms with Gasteiger partial charge in [0, 0.05) is 0 Å². The molecule has 0 aliphatic heterocycles. The normalized spacial score (nSPS) is 9.45. The van der Waals surface area contributed by atoms with E-state index in [4.69, 9.17) is 5.11 Å². The number of hydrogen-bond donors (Lipinski definition) is 1. The van der Waals surface area contributed by atoms with Crippen LogP contribution in [-0.4, -0.2) is 25.8 Å². The smallest absolute Gasteiger partial charge is 0.358 e. The summed E-state index contributed by atoms with van der Waals surface area (Å²) in [4.78, 5) is 20.3. The minimum Gasteiger partial charge on any atom is -0.543 e. The molecule has 0 aliphatic rings. The number of carboxylic acid groups (broad SMARTS) is 2. The zero-order chi connectivity index (χ0) is 8.43. The summed E-state index contributed by atoms with van der Waals surface area (Å²) in [5.74, 6) is -3.05. The summed E-state index contributed by atoms with van der Waals surface area (Å²) in [5.41, 5.74) is -1.20. The van der Waals surface area contributed by atoms with E-state index in [9.17, 15) is 14.7 Å². The van der Waals surface area contributed by atoms with Crippen molar-refractivity contribution in [1.82, 2.24) is 8.75 Å². The van der Waals surface area contributed by atoms with Gasteiger partial charge < -0.3 is 15.0 Å². The van der Waals surface area contributed by atoms with Crippen molar-refractivity contribution in [2.24, 2.45) is 0 Å². The van der Waals surface area contributed by atoms with Crippen molar-refractivity contribution in [3.05, 3.63) is 11.4 Å². The highest BCUT2D eigenvalue weighted by molar-refractivity contribution is 6.99. The van der Waals surface area contributed by atoms with Crippen LogP contribution in [0.25, 0.3) is 0 Å². The minimum atomic E-state index is -1.63. The highest BCUT2D eigenvalue weighted by Gasteiger charge is 2.15. The second-order valence-electron chi connectivity index (χ2n) is 1.55. The molecular weight excluding hydrogens is 172 g/mol. The Morgan fingerprint density at radius 3 is 2.27 bits per heavy atom. The standard InChI is InChI=1S/C4H2N2O4S/c7-3(8)1-2(4(9)10)6-11-5-1/h(H,7,8)(H,9,10)/p-1. The quantitative estimate of drug-likeness (QED) is 0.589. The zero-order valence-corrected chi connectivity index (χ0v) is 5.79. The van der Waals surface area contributed by atoms with Crippen LogP contribution in [0.1, 0.15) is 21.0 Å². The molecule has 1 heterocycles. The highest BCUT2D eigenvalue weighted by atomic mass is 32.1. The van der Waals surface area contributed by atoms with Crippen LogP contribution in [0.2, 0.25) is 0 Å². The number of nitrogens with zero attached hydrogens (tertiary/aromatic N) is 2. The van der Waals surface area contributed by atoms with Crippen LogP contribution in [-0.2, 0) is 0 Å². The highest BCUT2D eigenvalue weighted by Crippen LogP contribution is 2.03. The van der Waals surface area contributed by atoms with Crippen LogP contribution in [0, 0.1) is 0 Å². The molecule has 0 amide bonds. The van der Waals surface area contributed by atoms with Crippen LogP contribution in [0.3, 0.4) is 0 Å². The third-order valence-corrected chi connectivity index (χ3v) is 1.41. The Labute approximate surface area is 64.4 Å². The Morgan fingerprint density at radius 2 is 1.91 bits per heavy atom. The Balaban J connectivity index is 3.16. The fourth-order valence-electron chi connectivity index (χ4n) is 0.463. The van der Waals surface area contributed by atoms with Gasteiger partial charge in [-0.05, 0) is 0 Å². The Hall–Kier alpha value is -1.50. The molecule has 11 heavy (non-hydrogen) atoms. The molecule has 0 saturated heterocycles. The predicted octanol–water partition coefficient (Wildman–Crippen LogP) is -1.40. The molecule has 0 radical (unpaired) electrons. The van der Waals surface area contributed by atoms with E-state index in [-0.39, 0.29) is 0 Å². The third-order valence-electron chi connectivity index (χ3n) is 0.884. The number of hydrogen-bond acceptors (Lipinski definition) is 6. The molecule has 0 spiro atoms. The number of rotatable bonds is 2. The van der Waals surface area contributed by atoms with Crippen LogP contribution in [0.5, 0.6) is 0 Å². The lowest BCUT2D eigenvalue weighted by Gasteiger charge is -1.94. The molecule has 0 unspecified atom stereocenters. The summed E-state index contributed by atoms with van der Waals surface area (Å²) in [6.45, 7) is 0.